The molecule has 36 heavy (non-hydrogen) atoms. The maximum absolute atomic E-state index is 12.8. The molecule has 12 heteroatoms. The molecule has 3 aromatic carbocycles. The fourth-order valence-electron chi connectivity index (χ4n) is 3.15. The summed E-state index contributed by atoms with van der Waals surface area (Å²) in [5, 5.41) is 18.9. The molecular formula is C24H18Cl2N4O6. The highest BCUT2D eigenvalue weighted by Gasteiger charge is 2.17. The molecular weight excluding hydrogens is 511 g/mol. The quantitative estimate of drug-likeness (QED) is 0.203. The van der Waals surface area contributed by atoms with Crippen molar-refractivity contribution in [3.8, 4) is 23.0 Å². The lowest BCUT2D eigenvalue weighted by atomic mass is 10.2. The number of nitrogens with zero attached hydrogens (tertiary/aromatic N) is 3. The Morgan fingerprint density at radius 3 is 2.47 bits per heavy atom. The van der Waals surface area contributed by atoms with Gasteiger partial charge < -0.3 is 19.5 Å². The minimum absolute atomic E-state index is 0.0512. The molecule has 0 radical (unpaired) electrons. The summed E-state index contributed by atoms with van der Waals surface area (Å²) < 4.78 is 18.0. The zero-order valence-electron chi connectivity index (χ0n) is 18.7. The predicted octanol–water partition coefficient (Wildman–Crippen LogP) is 6.19. The highest BCUT2D eigenvalue weighted by Crippen LogP contribution is 2.35. The van der Waals surface area contributed by atoms with E-state index in [9.17, 15) is 14.9 Å². The second-order valence-corrected chi connectivity index (χ2v) is 8.06. The van der Waals surface area contributed by atoms with Crippen LogP contribution in [-0.4, -0.2) is 27.7 Å². The molecule has 0 unspecified atom stereocenters. The first-order chi connectivity index (χ1) is 17.3. The number of para-hydroxylation sites is 3. The minimum atomic E-state index is -0.590. The smallest absolute Gasteiger partial charge is 0.276 e. The Kier molecular flexibility index (Phi) is 7.57. The van der Waals surface area contributed by atoms with Gasteiger partial charge in [0.25, 0.3) is 11.6 Å². The Morgan fingerprint density at radius 2 is 1.78 bits per heavy atom. The number of aromatic nitrogens is 2. The topological polar surface area (TPSA) is 118 Å². The summed E-state index contributed by atoms with van der Waals surface area (Å²) in [4.78, 5) is 23.6. The number of nitro groups is 1. The van der Waals surface area contributed by atoms with Gasteiger partial charge in [0.05, 0.1) is 33.8 Å². The molecule has 4 aromatic rings. The lowest BCUT2D eigenvalue weighted by molar-refractivity contribution is -0.384. The van der Waals surface area contributed by atoms with Gasteiger partial charge in [-0.15, -0.1) is 0 Å². The van der Waals surface area contributed by atoms with Gasteiger partial charge in [-0.25, -0.2) is 4.68 Å². The van der Waals surface area contributed by atoms with E-state index in [1.54, 1.807) is 42.5 Å². The second-order valence-electron chi connectivity index (χ2n) is 7.24. The predicted molar refractivity (Wildman–Crippen MR) is 133 cm³/mol. The second kappa shape index (κ2) is 11.0. The summed E-state index contributed by atoms with van der Waals surface area (Å²) in [7, 11) is 1.48. The monoisotopic (exact) mass is 528 g/mol. The molecule has 0 aliphatic rings. The van der Waals surface area contributed by atoms with E-state index in [2.05, 4.69) is 10.4 Å². The Morgan fingerprint density at radius 1 is 1.06 bits per heavy atom. The van der Waals surface area contributed by atoms with Crippen LogP contribution in [0.2, 0.25) is 10.0 Å². The van der Waals surface area contributed by atoms with Gasteiger partial charge in [0, 0.05) is 18.3 Å². The van der Waals surface area contributed by atoms with Crippen LogP contribution in [-0.2, 0) is 6.73 Å². The van der Waals surface area contributed by atoms with Crippen LogP contribution in [0.5, 0.6) is 23.0 Å². The maximum atomic E-state index is 12.8. The number of ether oxygens (including phenoxy) is 3. The zero-order chi connectivity index (χ0) is 25.7. The van der Waals surface area contributed by atoms with E-state index in [0.717, 1.165) is 0 Å². The van der Waals surface area contributed by atoms with Crippen molar-refractivity contribution >= 4 is 40.5 Å². The number of carbonyl (C=O) groups excluding carboxylic acids is 1. The molecule has 0 bridgehead atoms. The van der Waals surface area contributed by atoms with Crippen molar-refractivity contribution in [1.82, 2.24) is 9.78 Å². The number of halogens is 2. The van der Waals surface area contributed by atoms with Crippen molar-refractivity contribution in [2.45, 2.75) is 6.73 Å². The largest absolute Gasteiger partial charge is 0.493 e. The number of methoxy groups -OCH3 is 1. The minimum Gasteiger partial charge on any atom is -0.493 e. The van der Waals surface area contributed by atoms with Crippen LogP contribution in [0.3, 0.4) is 0 Å². The van der Waals surface area contributed by atoms with Crippen molar-refractivity contribution < 1.29 is 23.9 Å². The van der Waals surface area contributed by atoms with Crippen LogP contribution in [0.1, 0.15) is 10.5 Å². The maximum Gasteiger partial charge on any atom is 0.276 e. The van der Waals surface area contributed by atoms with E-state index in [1.165, 1.54) is 42.3 Å². The molecule has 1 amide bonds. The van der Waals surface area contributed by atoms with Crippen LogP contribution in [0.25, 0.3) is 0 Å². The number of nitrogens with one attached hydrogen (secondary N) is 1. The van der Waals surface area contributed by atoms with Gasteiger partial charge in [-0.3, -0.25) is 14.9 Å². The van der Waals surface area contributed by atoms with E-state index in [4.69, 9.17) is 37.4 Å². The molecule has 0 saturated carbocycles. The van der Waals surface area contributed by atoms with Gasteiger partial charge in [-0.05, 0) is 30.3 Å². The molecule has 0 aliphatic carbocycles. The molecule has 1 aromatic heterocycles. The van der Waals surface area contributed by atoms with E-state index in [-0.39, 0.29) is 29.5 Å². The molecule has 1 N–H and O–H groups in total. The average molecular weight is 529 g/mol. The zero-order valence-corrected chi connectivity index (χ0v) is 20.2. The molecule has 0 aliphatic heterocycles. The summed E-state index contributed by atoms with van der Waals surface area (Å²) in [6.07, 6.45) is 1.53. The lowest BCUT2D eigenvalue weighted by Crippen LogP contribution is -2.14. The van der Waals surface area contributed by atoms with Gasteiger partial charge >= 0.3 is 0 Å². The lowest BCUT2D eigenvalue weighted by Gasteiger charge is -2.11. The molecule has 184 valence electrons. The van der Waals surface area contributed by atoms with Gasteiger partial charge in [-0.1, -0.05) is 41.4 Å². The number of non-ortho nitro benzene ring substituents is 1. The number of nitro benzene ring substituents is 1. The van der Waals surface area contributed by atoms with Crippen molar-refractivity contribution in [3.63, 3.8) is 0 Å². The third kappa shape index (κ3) is 5.85. The number of hydrogen-bond donors (Lipinski definition) is 1. The molecule has 4 rings (SSSR count). The van der Waals surface area contributed by atoms with Crippen LogP contribution >= 0.6 is 23.2 Å². The summed E-state index contributed by atoms with van der Waals surface area (Å²) in [6.45, 7) is -0.0512. The van der Waals surface area contributed by atoms with Crippen LogP contribution in [0.4, 0.5) is 11.4 Å². The van der Waals surface area contributed by atoms with Crippen LogP contribution in [0.15, 0.2) is 72.9 Å². The summed E-state index contributed by atoms with van der Waals surface area (Å²) in [5.74, 6) is 0.643. The normalized spacial score (nSPS) is 10.5. The number of rotatable bonds is 9. The molecule has 0 atom stereocenters. The Balaban J connectivity index is 1.49. The first kappa shape index (κ1) is 24.8. The SMILES string of the molecule is COc1ccccc1Oc1cc(NC(=O)c2ccn(COc3c(Cl)cccc3Cl)n2)cc([N+](=O)[O-])c1. The number of anilines is 1. The third-order valence-electron chi connectivity index (χ3n) is 4.79. The fourth-order valence-corrected chi connectivity index (χ4v) is 3.66. The number of benzene rings is 3. The van der Waals surface area contributed by atoms with Crippen LogP contribution in [0, 0.1) is 10.1 Å². The fraction of sp³-hybridized carbons (Fsp3) is 0.0833. The standard InChI is InChI=1S/C24H18Cl2N4O6/c1-34-21-7-2-3-8-22(21)36-17-12-15(11-16(13-17)30(32)33)27-24(31)20-9-10-29(28-20)14-35-23-18(25)5-4-6-19(23)26/h2-13H,14H2,1H3,(H,27,31). The number of amides is 1. The number of hydrogen-bond acceptors (Lipinski definition) is 7. The molecule has 0 saturated heterocycles. The van der Waals surface area contributed by atoms with Crippen molar-refractivity contribution in [2.24, 2.45) is 0 Å². The van der Waals surface area contributed by atoms with Gasteiger partial charge in [0.2, 0.25) is 0 Å². The van der Waals surface area contributed by atoms with E-state index in [1.807, 2.05) is 0 Å². The third-order valence-corrected chi connectivity index (χ3v) is 5.39. The number of carbonyl (C=O) groups is 1. The average Bonchev–Trinajstić information content (AvgIpc) is 3.33. The van der Waals surface area contributed by atoms with Crippen molar-refractivity contribution in [1.29, 1.82) is 0 Å². The summed E-state index contributed by atoms with van der Waals surface area (Å²) in [5.41, 5.74) is -0.0662. The van der Waals surface area contributed by atoms with E-state index in [0.29, 0.717) is 27.3 Å². The molecule has 0 fully saturated rings. The molecule has 1 heterocycles. The Hall–Kier alpha value is -4.28. The summed E-state index contributed by atoms with van der Waals surface area (Å²) in [6, 6.07) is 17.2. The highest BCUT2D eigenvalue weighted by atomic mass is 35.5. The highest BCUT2D eigenvalue weighted by molar-refractivity contribution is 6.37. The molecule has 0 spiro atoms. The van der Waals surface area contributed by atoms with E-state index < -0.39 is 10.8 Å². The van der Waals surface area contributed by atoms with Crippen molar-refractivity contribution in [3.05, 3.63) is 98.8 Å². The van der Waals surface area contributed by atoms with Crippen LogP contribution < -0.4 is 19.5 Å². The first-order valence-electron chi connectivity index (χ1n) is 10.4. The summed E-state index contributed by atoms with van der Waals surface area (Å²) >= 11 is 12.2. The molecule has 10 nitrogen and oxygen atoms in total. The Labute approximate surface area is 215 Å². The van der Waals surface area contributed by atoms with Crippen molar-refractivity contribution in [2.75, 3.05) is 12.4 Å². The van der Waals surface area contributed by atoms with Gasteiger partial charge in [0.15, 0.2) is 29.7 Å². The van der Waals surface area contributed by atoms with Gasteiger partial charge in [0.1, 0.15) is 5.75 Å². The first-order valence-corrected chi connectivity index (χ1v) is 11.1. The van der Waals surface area contributed by atoms with E-state index >= 15 is 0 Å². The Bertz CT molecular complexity index is 1410. The van der Waals surface area contributed by atoms with Gasteiger partial charge in [-0.2, -0.15) is 5.10 Å².